The maximum atomic E-state index is 6.29. The number of hydrogen-bond acceptors (Lipinski definition) is 4. The van der Waals surface area contributed by atoms with Crippen LogP contribution < -0.4 is 5.32 Å². The van der Waals surface area contributed by atoms with Crippen LogP contribution in [0, 0.1) is 0 Å². The molecule has 112 valence electrons. The summed E-state index contributed by atoms with van der Waals surface area (Å²) in [5.74, 6) is 0.911. The van der Waals surface area contributed by atoms with E-state index in [1.807, 2.05) is 12.1 Å². The summed E-state index contributed by atoms with van der Waals surface area (Å²) in [6.07, 6.45) is 3.63. The first-order valence-corrected chi connectivity index (χ1v) is 7.74. The van der Waals surface area contributed by atoms with E-state index in [1.54, 1.807) is 7.11 Å². The molecular weight excluding hydrogens is 274 g/mol. The molecule has 0 aromatic carbocycles. The van der Waals surface area contributed by atoms with Crippen LogP contribution in [0.3, 0.4) is 0 Å². The molecule has 2 rings (SSSR count). The monoisotopic (exact) mass is 297 g/mol. The molecule has 1 heterocycles. The topological polar surface area (TPSA) is 37.4 Å². The number of nitrogens with zero attached hydrogens (tertiary/aromatic N) is 2. The zero-order valence-electron chi connectivity index (χ0n) is 12.4. The van der Waals surface area contributed by atoms with Crippen molar-refractivity contribution in [2.24, 2.45) is 0 Å². The molecule has 5 heteroatoms. The van der Waals surface area contributed by atoms with Crippen LogP contribution in [0.25, 0.3) is 0 Å². The second-order valence-corrected chi connectivity index (χ2v) is 5.65. The fourth-order valence-electron chi connectivity index (χ4n) is 2.18. The molecule has 1 N–H and O–H groups in total. The zero-order valence-corrected chi connectivity index (χ0v) is 13.1. The Morgan fingerprint density at radius 3 is 2.90 bits per heavy atom. The number of anilines is 1. The SMILES string of the molecule is CCCNc1ccc(Cl)c(CN(CCOC)C2CC2)n1. The molecular formula is C15H24ClN3O. The van der Waals surface area contributed by atoms with Crippen LogP contribution in [-0.2, 0) is 11.3 Å². The summed E-state index contributed by atoms with van der Waals surface area (Å²) in [6, 6.07) is 4.55. The van der Waals surface area contributed by atoms with Gasteiger partial charge >= 0.3 is 0 Å². The van der Waals surface area contributed by atoms with E-state index in [0.29, 0.717) is 6.04 Å². The molecule has 0 unspecified atom stereocenters. The van der Waals surface area contributed by atoms with Crippen molar-refractivity contribution in [3.8, 4) is 0 Å². The number of rotatable bonds is 9. The summed E-state index contributed by atoms with van der Waals surface area (Å²) in [5, 5.41) is 4.06. The molecule has 1 aromatic heterocycles. The van der Waals surface area contributed by atoms with Gasteiger partial charge in [-0.2, -0.15) is 0 Å². The molecule has 1 fully saturated rings. The minimum Gasteiger partial charge on any atom is -0.383 e. The molecule has 0 spiro atoms. The lowest BCUT2D eigenvalue weighted by Crippen LogP contribution is -2.29. The van der Waals surface area contributed by atoms with Gasteiger partial charge in [-0.25, -0.2) is 4.98 Å². The first-order chi connectivity index (χ1) is 9.74. The number of halogens is 1. The Balaban J connectivity index is 2.01. The lowest BCUT2D eigenvalue weighted by Gasteiger charge is -2.22. The lowest BCUT2D eigenvalue weighted by atomic mass is 10.3. The highest BCUT2D eigenvalue weighted by Crippen LogP contribution is 2.29. The molecule has 0 aliphatic heterocycles. The maximum Gasteiger partial charge on any atom is 0.126 e. The number of hydrogen-bond donors (Lipinski definition) is 1. The summed E-state index contributed by atoms with van der Waals surface area (Å²) >= 11 is 6.29. The van der Waals surface area contributed by atoms with E-state index in [1.165, 1.54) is 12.8 Å². The van der Waals surface area contributed by atoms with Gasteiger partial charge in [0.15, 0.2) is 0 Å². The zero-order chi connectivity index (χ0) is 14.4. The van der Waals surface area contributed by atoms with Gasteiger partial charge in [0.1, 0.15) is 5.82 Å². The minimum absolute atomic E-state index is 0.676. The van der Waals surface area contributed by atoms with Gasteiger partial charge in [0, 0.05) is 32.8 Å². The fraction of sp³-hybridized carbons (Fsp3) is 0.667. The first-order valence-electron chi connectivity index (χ1n) is 7.37. The number of nitrogens with one attached hydrogen (secondary N) is 1. The van der Waals surface area contributed by atoms with Gasteiger partial charge in [0.25, 0.3) is 0 Å². The van der Waals surface area contributed by atoms with E-state index < -0.39 is 0 Å². The van der Waals surface area contributed by atoms with Gasteiger partial charge in [-0.15, -0.1) is 0 Å². The molecule has 0 saturated heterocycles. The second kappa shape index (κ2) is 7.81. The second-order valence-electron chi connectivity index (χ2n) is 5.25. The van der Waals surface area contributed by atoms with E-state index >= 15 is 0 Å². The normalized spacial score (nSPS) is 14.8. The average Bonchev–Trinajstić information content (AvgIpc) is 3.28. The number of methoxy groups -OCH3 is 1. The Hall–Kier alpha value is -0.840. The summed E-state index contributed by atoms with van der Waals surface area (Å²) in [5.41, 5.74) is 0.954. The first kappa shape index (κ1) is 15.5. The highest BCUT2D eigenvalue weighted by Gasteiger charge is 2.29. The molecule has 0 radical (unpaired) electrons. The lowest BCUT2D eigenvalue weighted by molar-refractivity contribution is 0.139. The van der Waals surface area contributed by atoms with E-state index in [-0.39, 0.29) is 0 Å². The van der Waals surface area contributed by atoms with Gasteiger partial charge in [0.05, 0.1) is 17.3 Å². The van der Waals surface area contributed by atoms with E-state index in [2.05, 4.69) is 22.1 Å². The van der Waals surface area contributed by atoms with E-state index in [9.17, 15) is 0 Å². The Bertz CT molecular complexity index is 424. The third-order valence-electron chi connectivity index (χ3n) is 3.47. The predicted molar refractivity (Wildman–Crippen MR) is 83.3 cm³/mol. The fourth-order valence-corrected chi connectivity index (χ4v) is 2.34. The van der Waals surface area contributed by atoms with Crippen molar-refractivity contribution in [1.82, 2.24) is 9.88 Å². The van der Waals surface area contributed by atoms with E-state index in [0.717, 1.165) is 49.2 Å². The standard InChI is InChI=1S/C15H24ClN3O/c1-3-8-17-15-7-6-13(16)14(18-15)11-19(9-10-20-2)12-4-5-12/h6-7,12H,3-5,8-11H2,1-2H3,(H,17,18). The number of aromatic nitrogens is 1. The van der Waals surface area contributed by atoms with Crippen molar-refractivity contribution in [2.45, 2.75) is 38.8 Å². The molecule has 0 bridgehead atoms. The van der Waals surface area contributed by atoms with Crippen LogP contribution in [0.2, 0.25) is 5.02 Å². The molecule has 1 aliphatic carbocycles. The molecule has 4 nitrogen and oxygen atoms in total. The van der Waals surface area contributed by atoms with Crippen LogP contribution in [0.15, 0.2) is 12.1 Å². The summed E-state index contributed by atoms with van der Waals surface area (Å²) < 4.78 is 5.19. The van der Waals surface area contributed by atoms with Gasteiger partial charge in [-0.1, -0.05) is 18.5 Å². The Morgan fingerprint density at radius 2 is 2.25 bits per heavy atom. The molecule has 1 aliphatic rings. The Labute approximate surface area is 126 Å². The van der Waals surface area contributed by atoms with Crippen LogP contribution >= 0.6 is 11.6 Å². The molecule has 1 saturated carbocycles. The highest BCUT2D eigenvalue weighted by atomic mass is 35.5. The van der Waals surface area contributed by atoms with Crippen molar-refractivity contribution in [3.05, 3.63) is 22.8 Å². The van der Waals surface area contributed by atoms with Crippen LogP contribution in [0.1, 0.15) is 31.9 Å². The number of ether oxygens (including phenoxy) is 1. The minimum atomic E-state index is 0.676. The van der Waals surface area contributed by atoms with Crippen LogP contribution in [0.5, 0.6) is 0 Å². The van der Waals surface area contributed by atoms with Crippen molar-refractivity contribution >= 4 is 17.4 Å². The van der Waals surface area contributed by atoms with Crippen molar-refractivity contribution < 1.29 is 4.74 Å². The summed E-state index contributed by atoms with van der Waals surface area (Å²) in [7, 11) is 1.74. The maximum absolute atomic E-state index is 6.29. The van der Waals surface area contributed by atoms with Crippen molar-refractivity contribution in [1.29, 1.82) is 0 Å². The average molecular weight is 298 g/mol. The van der Waals surface area contributed by atoms with Crippen LogP contribution in [0.4, 0.5) is 5.82 Å². The highest BCUT2D eigenvalue weighted by molar-refractivity contribution is 6.31. The van der Waals surface area contributed by atoms with Crippen molar-refractivity contribution in [2.75, 3.05) is 32.1 Å². The molecule has 1 aromatic rings. The smallest absolute Gasteiger partial charge is 0.126 e. The third-order valence-corrected chi connectivity index (χ3v) is 3.82. The third kappa shape index (κ3) is 4.62. The quantitative estimate of drug-likeness (QED) is 0.760. The molecule has 20 heavy (non-hydrogen) atoms. The van der Waals surface area contributed by atoms with Gasteiger partial charge < -0.3 is 10.1 Å². The predicted octanol–water partition coefficient (Wildman–Crippen LogP) is 3.17. The van der Waals surface area contributed by atoms with Gasteiger partial charge in [-0.3, -0.25) is 4.90 Å². The summed E-state index contributed by atoms with van der Waals surface area (Å²) in [6.45, 7) is 5.57. The molecule has 0 amide bonds. The van der Waals surface area contributed by atoms with Crippen LogP contribution in [-0.4, -0.2) is 42.7 Å². The van der Waals surface area contributed by atoms with E-state index in [4.69, 9.17) is 16.3 Å². The molecule has 0 atom stereocenters. The van der Waals surface area contributed by atoms with Crippen molar-refractivity contribution in [3.63, 3.8) is 0 Å². The number of pyridine rings is 1. The Kier molecular flexibility index (Phi) is 6.07. The van der Waals surface area contributed by atoms with Gasteiger partial charge in [0.2, 0.25) is 0 Å². The van der Waals surface area contributed by atoms with Gasteiger partial charge in [-0.05, 0) is 31.4 Å². The largest absolute Gasteiger partial charge is 0.383 e. The summed E-state index contributed by atoms with van der Waals surface area (Å²) in [4.78, 5) is 7.06. The Morgan fingerprint density at radius 1 is 1.45 bits per heavy atom.